The number of methoxy groups -OCH3 is 1. The summed E-state index contributed by atoms with van der Waals surface area (Å²) in [6.07, 6.45) is 5.82. The van der Waals surface area contributed by atoms with Gasteiger partial charge in [-0.15, -0.1) is 0 Å². The van der Waals surface area contributed by atoms with Gasteiger partial charge in [-0.3, -0.25) is 9.59 Å². The standard InChI is InChI=1S/C28H31N3O6/c1-4-36-21-9-6-8-20(16-21)26(32)24-25(19-10-11-22(37-5-2)23(17-19)35-3)31(28(34)27(24)33)14-7-13-30-15-12-29-18-30/h6,8-12,15-18,25,32H,4-5,7,13-14H2,1-3H3/b26-24+. The van der Waals surface area contributed by atoms with Crippen molar-refractivity contribution in [2.24, 2.45) is 0 Å². The predicted molar refractivity (Wildman–Crippen MR) is 138 cm³/mol. The van der Waals surface area contributed by atoms with E-state index in [2.05, 4.69) is 4.98 Å². The van der Waals surface area contributed by atoms with Crippen LogP contribution in [-0.4, -0.2) is 58.1 Å². The Morgan fingerprint density at radius 3 is 2.54 bits per heavy atom. The number of ketones is 1. The zero-order valence-corrected chi connectivity index (χ0v) is 21.2. The van der Waals surface area contributed by atoms with Gasteiger partial charge in [0.2, 0.25) is 0 Å². The minimum atomic E-state index is -0.803. The van der Waals surface area contributed by atoms with E-state index in [9.17, 15) is 14.7 Å². The Bertz CT molecular complexity index is 1280. The molecule has 1 aliphatic heterocycles. The van der Waals surface area contributed by atoms with Gasteiger partial charge in [-0.05, 0) is 50.1 Å². The first kappa shape index (κ1) is 25.8. The Labute approximate surface area is 215 Å². The maximum absolute atomic E-state index is 13.3. The van der Waals surface area contributed by atoms with Crippen molar-refractivity contribution in [2.45, 2.75) is 32.9 Å². The number of carbonyl (C=O) groups is 2. The summed E-state index contributed by atoms with van der Waals surface area (Å²) in [5.41, 5.74) is 1.04. The van der Waals surface area contributed by atoms with E-state index in [0.717, 1.165) is 0 Å². The summed E-state index contributed by atoms with van der Waals surface area (Å²) in [5.74, 6) is -0.0713. The molecule has 0 saturated carbocycles. The fourth-order valence-electron chi connectivity index (χ4n) is 4.48. The average molecular weight is 506 g/mol. The average Bonchev–Trinajstić information content (AvgIpc) is 3.51. The number of Topliss-reactive ketones (excluding diaryl/α,β-unsaturated/α-hetero) is 1. The van der Waals surface area contributed by atoms with Crippen molar-refractivity contribution in [2.75, 3.05) is 26.9 Å². The Morgan fingerprint density at radius 2 is 1.84 bits per heavy atom. The third-order valence-electron chi connectivity index (χ3n) is 6.14. The molecule has 1 aromatic heterocycles. The van der Waals surface area contributed by atoms with Crippen LogP contribution in [0.2, 0.25) is 0 Å². The molecular weight excluding hydrogens is 474 g/mol. The lowest BCUT2D eigenvalue weighted by atomic mass is 9.95. The number of amides is 1. The zero-order valence-electron chi connectivity index (χ0n) is 21.2. The number of carbonyl (C=O) groups excluding carboxylic acids is 2. The molecule has 0 radical (unpaired) electrons. The molecule has 1 aliphatic rings. The molecule has 1 atom stereocenters. The summed E-state index contributed by atoms with van der Waals surface area (Å²) in [6.45, 7) is 5.58. The summed E-state index contributed by atoms with van der Waals surface area (Å²) in [6, 6.07) is 11.3. The molecule has 0 bridgehead atoms. The van der Waals surface area contributed by atoms with Gasteiger partial charge in [-0.2, -0.15) is 0 Å². The lowest BCUT2D eigenvalue weighted by Gasteiger charge is -2.26. The molecule has 37 heavy (non-hydrogen) atoms. The Balaban J connectivity index is 1.78. The monoisotopic (exact) mass is 505 g/mol. The van der Waals surface area contributed by atoms with Crippen LogP contribution in [0.1, 0.15) is 37.4 Å². The highest BCUT2D eigenvalue weighted by atomic mass is 16.5. The van der Waals surface area contributed by atoms with E-state index in [1.165, 1.54) is 12.0 Å². The molecule has 4 rings (SSSR count). The second kappa shape index (κ2) is 11.6. The topological polar surface area (TPSA) is 103 Å². The van der Waals surface area contributed by atoms with Gasteiger partial charge >= 0.3 is 0 Å². The van der Waals surface area contributed by atoms with Crippen molar-refractivity contribution < 1.29 is 28.9 Å². The minimum Gasteiger partial charge on any atom is -0.507 e. The van der Waals surface area contributed by atoms with Crippen LogP contribution in [0.4, 0.5) is 0 Å². The third-order valence-corrected chi connectivity index (χ3v) is 6.14. The number of hydrogen-bond acceptors (Lipinski definition) is 7. The molecule has 0 spiro atoms. The molecule has 2 aromatic carbocycles. The number of benzene rings is 2. The van der Waals surface area contributed by atoms with Crippen LogP contribution in [0.5, 0.6) is 17.2 Å². The number of likely N-dealkylation sites (tertiary alicyclic amines) is 1. The van der Waals surface area contributed by atoms with E-state index in [0.29, 0.717) is 61.1 Å². The number of rotatable bonds is 11. The molecule has 194 valence electrons. The van der Waals surface area contributed by atoms with Crippen molar-refractivity contribution in [1.82, 2.24) is 14.5 Å². The van der Waals surface area contributed by atoms with Gasteiger partial charge in [-0.25, -0.2) is 4.98 Å². The van der Waals surface area contributed by atoms with Gasteiger partial charge in [0, 0.05) is 31.0 Å². The van der Waals surface area contributed by atoms with Crippen LogP contribution in [0.15, 0.2) is 66.8 Å². The Hall–Kier alpha value is -4.27. The minimum absolute atomic E-state index is 0.0208. The molecule has 3 aromatic rings. The highest BCUT2D eigenvalue weighted by molar-refractivity contribution is 6.46. The largest absolute Gasteiger partial charge is 0.507 e. The molecule has 1 N–H and O–H groups in total. The smallest absolute Gasteiger partial charge is 0.295 e. The van der Waals surface area contributed by atoms with Gasteiger partial charge in [0.1, 0.15) is 11.5 Å². The number of nitrogens with zero attached hydrogens (tertiary/aromatic N) is 3. The predicted octanol–water partition coefficient (Wildman–Crippen LogP) is 4.20. The quantitative estimate of drug-likeness (QED) is 0.237. The first-order valence-electron chi connectivity index (χ1n) is 12.3. The first-order valence-corrected chi connectivity index (χ1v) is 12.3. The van der Waals surface area contributed by atoms with Crippen molar-refractivity contribution in [3.8, 4) is 17.2 Å². The summed E-state index contributed by atoms with van der Waals surface area (Å²) in [7, 11) is 1.53. The maximum atomic E-state index is 13.3. The molecule has 0 aliphatic carbocycles. The van der Waals surface area contributed by atoms with Crippen LogP contribution < -0.4 is 14.2 Å². The number of hydrogen-bond donors (Lipinski definition) is 1. The molecule has 2 heterocycles. The lowest BCUT2D eigenvalue weighted by Crippen LogP contribution is -2.31. The number of imidazole rings is 1. The highest BCUT2D eigenvalue weighted by Crippen LogP contribution is 2.42. The fourth-order valence-corrected chi connectivity index (χ4v) is 4.48. The second-order valence-corrected chi connectivity index (χ2v) is 8.45. The van der Waals surface area contributed by atoms with Crippen LogP contribution in [-0.2, 0) is 16.1 Å². The number of aliphatic hydroxyl groups is 1. The van der Waals surface area contributed by atoms with E-state index in [-0.39, 0.29) is 11.3 Å². The molecule has 1 amide bonds. The normalized spacial score (nSPS) is 16.7. The van der Waals surface area contributed by atoms with Gasteiger partial charge in [-0.1, -0.05) is 18.2 Å². The SMILES string of the molecule is CCOc1cccc(/C(O)=C2\C(=O)C(=O)N(CCCn3ccnc3)C2c2ccc(OCC)c(OC)c2)c1. The van der Waals surface area contributed by atoms with Gasteiger partial charge in [0.25, 0.3) is 11.7 Å². The van der Waals surface area contributed by atoms with Crippen molar-refractivity contribution in [3.05, 3.63) is 77.9 Å². The summed E-state index contributed by atoms with van der Waals surface area (Å²) in [4.78, 5) is 32.1. The molecule has 9 nitrogen and oxygen atoms in total. The van der Waals surface area contributed by atoms with E-state index < -0.39 is 17.7 Å². The number of ether oxygens (including phenoxy) is 3. The molecule has 9 heteroatoms. The summed E-state index contributed by atoms with van der Waals surface area (Å²) < 4.78 is 18.6. The summed E-state index contributed by atoms with van der Waals surface area (Å²) in [5, 5.41) is 11.3. The van der Waals surface area contributed by atoms with E-state index in [1.807, 2.05) is 24.6 Å². The van der Waals surface area contributed by atoms with Crippen LogP contribution >= 0.6 is 0 Å². The Morgan fingerprint density at radius 1 is 1.03 bits per heavy atom. The number of aliphatic hydroxyl groups excluding tert-OH is 1. The van der Waals surface area contributed by atoms with E-state index in [4.69, 9.17) is 14.2 Å². The van der Waals surface area contributed by atoms with Gasteiger partial charge in [0.15, 0.2) is 11.5 Å². The van der Waals surface area contributed by atoms with Crippen molar-refractivity contribution in [1.29, 1.82) is 0 Å². The van der Waals surface area contributed by atoms with E-state index in [1.54, 1.807) is 55.0 Å². The number of aromatic nitrogens is 2. The highest BCUT2D eigenvalue weighted by Gasteiger charge is 2.46. The lowest BCUT2D eigenvalue weighted by molar-refractivity contribution is -0.139. The molecular formula is C28H31N3O6. The van der Waals surface area contributed by atoms with E-state index >= 15 is 0 Å². The van der Waals surface area contributed by atoms with Crippen LogP contribution in [0, 0.1) is 0 Å². The van der Waals surface area contributed by atoms with Gasteiger partial charge < -0.3 is 28.8 Å². The van der Waals surface area contributed by atoms with Crippen LogP contribution in [0.25, 0.3) is 5.76 Å². The zero-order chi connectivity index (χ0) is 26.4. The molecule has 1 fully saturated rings. The molecule has 1 unspecified atom stereocenters. The Kier molecular flexibility index (Phi) is 8.12. The third kappa shape index (κ3) is 5.45. The maximum Gasteiger partial charge on any atom is 0.295 e. The fraction of sp³-hybridized carbons (Fsp3) is 0.321. The number of aryl methyl sites for hydroxylation is 1. The molecule has 1 saturated heterocycles. The van der Waals surface area contributed by atoms with Crippen molar-refractivity contribution in [3.63, 3.8) is 0 Å². The van der Waals surface area contributed by atoms with Crippen LogP contribution in [0.3, 0.4) is 0 Å². The first-order chi connectivity index (χ1) is 18.0. The summed E-state index contributed by atoms with van der Waals surface area (Å²) >= 11 is 0. The van der Waals surface area contributed by atoms with Crippen molar-refractivity contribution >= 4 is 17.4 Å². The second-order valence-electron chi connectivity index (χ2n) is 8.45. The van der Waals surface area contributed by atoms with Gasteiger partial charge in [0.05, 0.1) is 38.3 Å².